The van der Waals surface area contributed by atoms with Crippen molar-refractivity contribution in [1.82, 2.24) is 9.96 Å². The first-order chi connectivity index (χ1) is 18.4. The van der Waals surface area contributed by atoms with E-state index in [9.17, 15) is 14.4 Å². The zero-order chi connectivity index (χ0) is 26.6. The Hall–Kier alpha value is -4.47. The van der Waals surface area contributed by atoms with Crippen molar-refractivity contribution in [2.45, 2.75) is 0 Å². The number of hydroxylamine groups is 2. The van der Waals surface area contributed by atoms with Crippen LogP contribution in [0.4, 0.5) is 11.4 Å². The molecule has 9 heteroatoms. The van der Waals surface area contributed by atoms with E-state index in [1.165, 1.54) is 12.2 Å². The number of nitrogens with one attached hydrogen (secondary N) is 2. The third-order valence-corrected chi connectivity index (χ3v) is 6.53. The molecule has 0 spiro atoms. The van der Waals surface area contributed by atoms with Crippen molar-refractivity contribution in [3.8, 4) is 0 Å². The Morgan fingerprint density at radius 1 is 0.921 bits per heavy atom. The molecule has 2 aliphatic heterocycles. The van der Waals surface area contributed by atoms with E-state index >= 15 is 0 Å². The van der Waals surface area contributed by atoms with E-state index in [0.717, 1.165) is 18.7 Å². The van der Waals surface area contributed by atoms with Gasteiger partial charge >= 0.3 is 5.97 Å². The summed E-state index contributed by atoms with van der Waals surface area (Å²) in [7, 11) is 3.31. The summed E-state index contributed by atoms with van der Waals surface area (Å²) in [5.74, 6) is -0.962. The van der Waals surface area contributed by atoms with E-state index in [2.05, 4.69) is 15.5 Å². The van der Waals surface area contributed by atoms with E-state index < -0.39 is 5.97 Å². The van der Waals surface area contributed by atoms with Gasteiger partial charge in [0.15, 0.2) is 0 Å². The van der Waals surface area contributed by atoms with Crippen molar-refractivity contribution in [2.24, 2.45) is 0 Å². The van der Waals surface area contributed by atoms with E-state index in [4.69, 9.17) is 9.57 Å². The summed E-state index contributed by atoms with van der Waals surface area (Å²) < 4.78 is 4.81. The highest BCUT2D eigenvalue weighted by molar-refractivity contribution is 6.37. The minimum absolute atomic E-state index is 0.195. The normalized spacial score (nSPS) is 16.8. The fourth-order valence-electron chi connectivity index (χ4n) is 4.44. The number of hydrogen-bond acceptors (Lipinski definition) is 7. The Balaban J connectivity index is 1.46. The van der Waals surface area contributed by atoms with E-state index in [-0.39, 0.29) is 11.8 Å². The van der Waals surface area contributed by atoms with Crippen LogP contribution in [0.25, 0.3) is 11.3 Å². The summed E-state index contributed by atoms with van der Waals surface area (Å²) in [4.78, 5) is 45.9. The number of amides is 2. The Morgan fingerprint density at radius 2 is 1.66 bits per heavy atom. The smallest absolute Gasteiger partial charge is 0.337 e. The van der Waals surface area contributed by atoms with E-state index in [0.29, 0.717) is 52.5 Å². The second-order valence-electron chi connectivity index (χ2n) is 9.07. The molecule has 0 atom stereocenters. The third kappa shape index (κ3) is 5.15. The number of benzene rings is 3. The van der Waals surface area contributed by atoms with Gasteiger partial charge in [-0.1, -0.05) is 36.4 Å². The van der Waals surface area contributed by atoms with Gasteiger partial charge in [-0.3, -0.25) is 14.4 Å². The Morgan fingerprint density at radius 3 is 2.39 bits per heavy atom. The molecule has 194 valence electrons. The number of ether oxygens (including phenoxy) is 1. The van der Waals surface area contributed by atoms with Crippen molar-refractivity contribution >= 4 is 40.4 Å². The Kier molecular flexibility index (Phi) is 7.21. The number of rotatable bonds is 5. The molecule has 2 heterocycles. The van der Waals surface area contributed by atoms with Gasteiger partial charge in [-0.2, -0.15) is 0 Å². The molecule has 0 bridgehead atoms. The molecule has 9 nitrogen and oxygen atoms in total. The number of likely N-dealkylation sites (N-methyl/N-ethyl adjacent to an activating group) is 1. The number of nitrogens with zero attached hydrogens (tertiary/aromatic N) is 2. The molecular weight excluding hydrogens is 484 g/mol. The van der Waals surface area contributed by atoms with Crippen LogP contribution in [0.5, 0.6) is 0 Å². The molecule has 2 aliphatic rings. The molecule has 1 fully saturated rings. The number of methoxy groups -OCH3 is 1. The van der Waals surface area contributed by atoms with Gasteiger partial charge in [-0.15, -0.1) is 0 Å². The first-order valence-electron chi connectivity index (χ1n) is 12.3. The van der Waals surface area contributed by atoms with Gasteiger partial charge in [0.25, 0.3) is 11.8 Å². The zero-order valence-corrected chi connectivity index (χ0v) is 21.2. The molecular formula is C29H28N4O5. The predicted octanol–water partition coefficient (Wildman–Crippen LogP) is 3.72. The average molecular weight is 513 g/mol. The minimum Gasteiger partial charge on any atom is -0.465 e. The fraction of sp³-hybridized carbons (Fsp3) is 0.207. The minimum atomic E-state index is -0.479. The summed E-state index contributed by atoms with van der Waals surface area (Å²) >= 11 is 0. The van der Waals surface area contributed by atoms with E-state index in [1.54, 1.807) is 42.5 Å². The maximum atomic E-state index is 13.2. The van der Waals surface area contributed by atoms with Gasteiger partial charge < -0.3 is 20.3 Å². The summed E-state index contributed by atoms with van der Waals surface area (Å²) in [5.41, 5.74) is 4.63. The highest BCUT2D eigenvalue weighted by atomic mass is 16.7. The second kappa shape index (κ2) is 10.9. The van der Waals surface area contributed by atoms with Gasteiger partial charge in [-0.25, -0.2) is 9.86 Å². The second-order valence-corrected chi connectivity index (χ2v) is 9.07. The summed E-state index contributed by atoms with van der Waals surface area (Å²) in [5, 5.41) is 7.65. The molecule has 0 saturated carbocycles. The lowest BCUT2D eigenvalue weighted by Crippen LogP contribution is -2.33. The first kappa shape index (κ1) is 25.2. The molecule has 3 aromatic rings. The number of hydrogen-bond donors (Lipinski definition) is 2. The molecule has 2 amide bonds. The van der Waals surface area contributed by atoms with Crippen LogP contribution in [0.2, 0.25) is 0 Å². The molecule has 1 saturated heterocycles. The van der Waals surface area contributed by atoms with Gasteiger partial charge in [0.2, 0.25) is 0 Å². The van der Waals surface area contributed by atoms with Gasteiger partial charge in [0, 0.05) is 29.9 Å². The molecule has 0 radical (unpaired) electrons. The number of anilines is 2. The van der Waals surface area contributed by atoms with Crippen molar-refractivity contribution in [3.05, 3.63) is 95.1 Å². The van der Waals surface area contributed by atoms with Crippen LogP contribution in [0.3, 0.4) is 0 Å². The number of fused-ring (bicyclic) bond motifs is 1. The largest absolute Gasteiger partial charge is 0.465 e. The monoisotopic (exact) mass is 512 g/mol. The summed E-state index contributed by atoms with van der Waals surface area (Å²) in [6, 6.07) is 21.6. The van der Waals surface area contributed by atoms with Crippen LogP contribution in [0.1, 0.15) is 31.8 Å². The Labute approximate surface area is 220 Å². The lowest BCUT2D eigenvalue weighted by Gasteiger charge is -2.19. The maximum Gasteiger partial charge on any atom is 0.337 e. The predicted molar refractivity (Wildman–Crippen MR) is 144 cm³/mol. The molecule has 3 aromatic carbocycles. The lowest BCUT2D eigenvalue weighted by molar-refractivity contribution is -0.112. The van der Waals surface area contributed by atoms with Gasteiger partial charge in [0.05, 0.1) is 42.8 Å². The van der Waals surface area contributed by atoms with Gasteiger partial charge in [-0.05, 0) is 49.0 Å². The molecule has 5 rings (SSSR count). The molecule has 0 aromatic heterocycles. The van der Waals surface area contributed by atoms with Crippen LogP contribution in [-0.2, 0) is 14.4 Å². The molecule has 0 aliphatic carbocycles. The summed E-state index contributed by atoms with van der Waals surface area (Å²) in [6.07, 6.45) is 0. The first-order valence-corrected chi connectivity index (χ1v) is 12.3. The third-order valence-electron chi connectivity index (χ3n) is 6.53. The Bertz CT molecular complexity index is 1400. The fourth-order valence-corrected chi connectivity index (χ4v) is 4.44. The number of carbonyl (C=O) groups is 3. The molecule has 2 N–H and O–H groups in total. The average Bonchev–Trinajstić information content (AvgIpc) is 3.11. The zero-order valence-electron chi connectivity index (χ0n) is 21.2. The van der Waals surface area contributed by atoms with E-state index in [1.807, 2.05) is 37.4 Å². The van der Waals surface area contributed by atoms with Crippen molar-refractivity contribution in [1.29, 1.82) is 0 Å². The highest BCUT2D eigenvalue weighted by Crippen LogP contribution is 2.38. The number of carbonyl (C=O) groups excluding carboxylic acids is 3. The topological polar surface area (TPSA) is 100 Å². The molecule has 38 heavy (non-hydrogen) atoms. The van der Waals surface area contributed by atoms with Crippen LogP contribution in [0.15, 0.2) is 72.8 Å². The molecule has 0 unspecified atom stereocenters. The van der Waals surface area contributed by atoms with Crippen molar-refractivity contribution in [3.63, 3.8) is 0 Å². The van der Waals surface area contributed by atoms with Gasteiger partial charge in [0.1, 0.15) is 0 Å². The quantitative estimate of drug-likeness (QED) is 0.397. The van der Waals surface area contributed by atoms with Crippen LogP contribution in [-0.4, -0.2) is 68.1 Å². The number of esters is 1. The van der Waals surface area contributed by atoms with Crippen molar-refractivity contribution < 1.29 is 24.0 Å². The van der Waals surface area contributed by atoms with Crippen LogP contribution >= 0.6 is 0 Å². The summed E-state index contributed by atoms with van der Waals surface area (Å²) in [6.45, 7) is 2.46. The van der Waals surface area contributed by atoms with Crippen LogP contribution in [0, 0.1) is 0 Å². The van der Waals surface area contributed by atoms with Crippen molar-refractivity contribution in [2.75, 3.05) is 51.0 Å². The van der Waals surface area contributed by atoms with Crippen LogP contribution < -0.4 is 10.6 Å². The standard InChI is InChI=1S/C29H28N4O5/c1-32-14-15-33(38-17-16-32)28(35)20-8-11-22(12-9-20)30-26(19-6-4-3-5-7-19)25-23-13-10-21(29(36)37-2)18-24(23)31-27(25)34/h3-13,18,30H,14-17H2,1-2H3,(H,31,34)/b26-25-. The maximum absolute atomic E-state index is 13.2. The highest BCUT2D eigenvalue weighted by Gasteiger charge is 2.29. The lowest BCUT2D eigenvalue weighted by atomic mass is 9.99. The SMILES string of the molecule is COC(=O)c1ccc2c(c1)NC(=O)/C2=C(\Nc1ccc(C(=O)N2CCN(C)CCO2)cc1)c1ccccc1.